The first-order chi connectivity index (χ1) is 11.2. The number of benzene rings is 1. The molecular weight excluding hydrogens is 314 g/mol. The van der Waals surface area contributed by atoms with Crippen molar-refractivity contribution in [1.29, 1.82) is 0 Å². The lowest BCUT2D eigenvalue weighted by Gasteiger charge is -2.34. The van der Waals surface area contributed by atoms with E-state index in [2.05, 4.69) is 22.3 Å². The molecular formula is C17H26ClN3O2. The van der Waals surface area contributed by atoms with Crippen LogP contribution >= 0.6 is 11.6 Å². The van der Waals surface area contributed by atoms with Crippen molar-refractivity contribution in [3.05, 3.63) is 34.9 Å². The van der Waals surface area contributed by atoms with Crippen molar-refractivity contribution in [3.63, 3.8) is 0 Å². The molecule has 1 heterocycles. The number of hydrogen-bond acceptors (Lipinski definition) is 3. The lowest BCUT2D eigenvalue weighted by atomic mass is 10.1. The molecule has 1 aliphatic rings. The highest BCUT2D eigenvalue weighted by atomic mass is 35.5. The fourth-order valence-corrected chi connectivity index (χ4v) is 2.76. The normalized spacial score (nSPS) is 15.7. The van der Waals surface area contributed by atoms with E-state index in [0.717, 1.165) is 50.6 Å². The summed E-state index contributed by atoms with van der Waals surface area (Å²) in [5.74, 6) is 0. The second-order valence-electron chi connectivity index (χ2n) is 5.78. The summed E-state index contributed by atoms with van der Waals surface area (Å²) in [6.45, 7) is 5.80. The van der Waals surface area contributed by atoms with Crippen molar-refractivity contribution in [3.8, 4) is 0 Å². The van der Waals surface area contributed by atoms with E-state index in [1.165, 1.54) is 5.56 Å². The number of nitrogens with zero attached hydrogens (tertiary/aromatic N) is 2. The van der Waals surface area contributed by atoms with Gasteiger partial charge < -0.3 is 15.0 Å². The van der Waals surface area contributed by atoms with Crippen LogP contribution in [0.25, 0.3) is 0 Å². The molecule has 6 heteroatoms. The Kier molecular flexibility index (Phi) is 7.65. The monoisotopic (exact) mass is 339 g/mol. The maximum Gasteiger partial charge on any atom is 0.317 e. The first-order valence-electron chi connectivity index (χ1n) is 8.17. The number of ether oxygens (including phenoxy) is 1. The van der Waals surface area contributed by atoms with Gasteiger partial charge in [-0.05, 0) is 30.5 Å². The second-order valence-corrected chi connectivity index (χ2v) is 6.22. The molecule has 23 heavy (non-hydrogen) atoms. The van der Waals surface area contributed by atoms with Crippen molar-refractivity contribution in [2.75, 3.05) is 53.0 Å². The lowest BCUT2D eigenvalue weighted by Crippen LogP contribution is -2.52. The van der Waals surface area contributed by atoms with Gasteiger partial charge in [-0.25, -0.2) is 4.79 Å². The summed E-state index contributed by atoms with van der Waals surface area (Å²) in [5.41, 5.74) is 1.30. The van der Waals surface area contributed by atoms with Gasteiger partial charge in [0.05, 0.1) is 0 Å². The summed E-state index contributed by atoms with van der Waals surface area (Å²) in [6, 6.07) is 8.06. The van der Waals surface area contributed by atoms with Crippen LogP contribution in [0.1, 0.15) is 12.0 Å². The average Bonchev–Trinajstić information content (AvgIpc) is 2.58. The van der Waals surface area contributed by atoms with E-state index in [4.69, 9.17) is 16.3 Å². The van der Waals surface area contributed by atoms with Crippen LogP contribution < -0.4 is 5.32 Å². The van der Waals surface area contributed by atoms with E-state index in [0.29, 0.717) is 13.2 Å². The number of methoxy groups -OCH3 is 1. The molecule has 0 spiro atoms. The largest absolute Gasteiger partial charge is 0.385 e. The number of nitrogens with one attached hydrogen (secondary N) is 1. The van der Waals surface area contributed by atoms with Gasteiger partial charge >= 0.3 is 6.03 Å². The van der Waals surface area contributed by atoms with Crippen molar-refractivity contribution in [2.24, 2.45) is 0 Å². The third-order valence-electron chi connectivity index (χ3n) is 4.09. The van der Waals surface area contributed by atoms with Crippen LogP contribution in [0.4, 0.5) is 4.79 Å². The topological polar surface area (TPSA) is 44.8 Å². The molecule has 2 amide bonds. The van der Waals surface area contributed by atoms with Crippen molar-refractivity contribution >= 4 is 17.6 Å². The molecule has 0 saturated carbocycles. The van der Waals surface area contributed by atoms with Gasteiger partial charge in [0.25, 0.3) is 0 Å². The van der Waals surface area contributed by atoms with Gasteiger partial charge in [0.2, 0.25) is 0 Å². The summed E-state index contributed by atoms with van der Waals surface area (Å²) in [7, 11) is 1.67. The third kappa shape index (κ3) is 6.37. The Balaban J connectivity index is 1.63. The van der Waals surface area contributed by atoms with Gasteiger partial charge in [0, 0.05) is 58.0 Å². The van der Waals surface area contributed by atoms with Crippen LogP contribution in [0, 0.1) is 0 Å². The van der Waals surface area contributed by atoms with Gasteiger partial charge in [-0.15, -0.1) is 0 Å². The molecule has 1 aromatic carbocycles. The molecule has 1 aromatic rings. The Hall–Kier alpha value is -1.30. The molecule has 0 bridgehead atoms. The zero-order chi connectivity index (χ0) is 16.5. The Labute approximate surface area is 143 Å². The molecule has 0 aromatic heterocycles. The summed E-state index contributed by atoms with van der Waals surface area (Å²) >= 11 is 5.90. The number of carbonyl (C=O) groups excluding carboxylic acids is 1. The number of piperazine rings is 1. The first-order valence-corrected chi connectivity index (χ1v) is 8.55. The molecule has 0 aliphatic carbocycles. The van der Waals surface area contributed by atoms with Crippen LogP contribution in [-0.4, -0.2) is 68.8 Å². The zero-order valence-corrected chi connectivity index (χ0v) is 14.5. The number of hydrogen-bond donors (Lipinski definition) is 1. The van der Waals surface area contributed by atoms with E-state index in [9.17, 15) is 4.79 Å². The highest BCUT2D eigenvalue weighted by molar-refractivity contribution is 6.30. The van der Waals surface area contributed by atoms with Gasteiger partial charge in [0.15, 0.2) is 0 Å². The smallest absolute Gasteiger partial charge is 0.317 e. The highest BCUT2D eigenvalue weighted by Crippen LogP contribution is 2.11. The Morgan fingerprint density at radius 3 is 2.57 bits per heavy atom. The Bertz CT molecular complexity index is 473. The van der Waals surface area contributed by atoms with Gasteiger partial charge in [-0.3, -0.25) is 4.90 Å². The van der Waals surface area contributed by atoms with Crippen LogP contribution in [0.5, 0.6) is 0 Å². The van der Waals surface area contributed by atoms with Crippen molar-refractivity contribution in [1.82, 2.24) is 15.1 Å². The highest BCUT2D eigenvalue weighted by Gasteiger charge is 2.20. The number of amides is 2. The molecule has 0 atom stereocenters. The van der Waals surface area contributed by atoms with E-state index in [1.807, 2.05) is 17.0 Å². The second kappa shape index (κ2) is 9.75. The van der Waals surface area contributed by atoms with Gasteiger partial charge in [0.1, 0.15) is 0 Å². The quantitative estimate of drug-likeness (QED) is 0.775. The molecule has 128 valence electrons. The minimum absolute atomic E-state index is 0.0402. The Morgan fingerprint density at radius 1 is 1.22 bits per heavy atom. The first kappa shape index (κ1) is 18.0. The minimum Gasteiger partial charge on any atom is -0.385 e. The van der Waals surface area contributed by atoms with Crippen LogP contribution in [0.15, 0.2) is 24.3 Å². The van der Waals surface area contributed by atoms with Gasteiger partial charge in [-0.1, -0.05) is 23.7 Å². The van der Waals surface area contributed by atoms with E-state index in [1.54, 1.807) is 7.11 Å². The fourth-order valence-electron chi connectivity index (χ4n) is 2.64. The minimum atomic E-state index is 0.0402. The fraction of sp³-hybridized carbons (Fsp3) is 0.588. The van der Waals surface area contributed by atoms with E-state index in [-0.39, 0.29) is 6.03 Å². The number of halogens is 1. The molecule has 1 saturated heterocycles. The lowest BCUT2D eigenvalue weighted by molar-refractivity contribution is 0.139. The predicted molar refractivity (Wildman–Crippen MR) is 93.1 cm³/mol. The predicted octanol–water partition coefficient (Wildman–Crippen LogP) is 2.25. The number of carbonyl (C=O) groups is 1. The summed E-state index contributed by atoms with van der Waals surface area (Å²) in [5, 5.41) is 3.72. The molecule has 1 fully saturated rings. The third-order valence-corrected chi connectivity index (χ3v) is 4.34. The molecule has 0 radical (unpaired) electrons. The average molecular weight is 340 g/mol. The molecule has 1 N–H and O–H groups in total. The maximum absolute atomic E-state index is 12.0. The van der Waals surface area contributed by atoms with Gasteiger partial charge in [-0.2, -0.15) is 0 Å². The summed E-state index contributed by atoms with van der Waals surface area (Å²) in [4.78, 5) is 16.3. The van der Waals surface area contributed by atoms with E-state index < -0.39 is 0 Å². The Morgan fingerprint density at radius 2 is 1.91 bits per heavy atom. The van der Waals surface area contributed by atoms with Crippen LogP contribution in [-0.2, 0) is 11.2 Å². The van der Waals surface area contributed by atoms with E-state index >= 15 is 0 Å². The van der Waals surface area contributed by atoms with Crippen LogP contribution in [0.2, 0.25) is 5.02 Å². The standard InChI is InChI=1S/C17H26ClN3O2/c1-23-14-2-8-19-17(22)21-12-10-20(11-13-21)9-7-15-3-5-16(18)6-4-15/h3-6H,2,7-14H2,1H3,(H,19,22). The summed E-state index contributed by atoms with van der Waals surface area (Å²) in [6.07, 6.45) is 1.86. The summed E-state index contributed by atoms with van der Waals surface area (Å²) < 4.78 is 4.97. The number of rotatable bonds is 7. The SMILES string of the molecule is COCCCNC(=O)N1CCN(CCc2ccc(Cl)cc2)CC1. The molecule has 5 nitrogen and oxygen atoms in total. The molecule has 2 rings (SSSR count). The number of urea groups is 1. The van der Waals surface area contributed by atoms with Crippen LogP contribution in [0.3, 0.4) is 0 Å². The van der Waals surface area contributed by atoms with Crippen molar-refractivity contribution < 1.29 is 9.53 Å². The van der Waals surface area contributed by atoms with Crippen molar-refractivity contribution in [2.45, 2.75) is 12.8 Å². The molecule has 0 unspecified atom stereocenters. The zero-order valence-electron chi connectivity index (χ0n) is 13.8. The molecule has 1 aliphatic heterocycles. The maximum atomic E-state index is 12.0.